The molecule has 1 heterocycles. The van der Waals surface area contributed by atoms with Gasteiger partial charge in [0, 0.05) is 12.5 Å². The minimum atomic E-state index is 0.191. The molecule has 0 saturated heterocycles. The molecule has 1 unspecified atom stereocenters. The maximum atomic E-state index is 8.74. The van der Waals surface area contributed by atoms with Crippen LogP contribution >= 0.6 is 0 Å². The first kappa shape index (κ1) is 10.3. The topological polar surface area (TPSA) is 45.4 Å². The van der Waals surface area contributed by atoms with Crippen LogP contribution < -0.4 is 5.32 Å². The maximum absolute atomic E-state index is 8.74. The Morgan fingerprint density at radius 1 is 1.62 bits per heavy atom. The Hall–Kier alpha value is -0.800. The predicted molar refractivity (Wildman–Crippen MR) is 51.6 cm³/mol. The molecule has 0 aromatic carbocycles. The van der Waals surface area contributed by atoms with Gasteiger partial charge in [-0.1, -0.05) is 0 Å². The van der Waals surface area contributed by atoms with Crippen LogP contribution in [-0.2, 0) is 6.42 Å². The number of rotatable bonds is 6. The molecule has 3 heteroatoms. The van der Waals surface area contributed by atoms with Gasteiger partial charge in [-0.15, -0.1) is 0 Å². The molecular weight excluding hydrogens is 166 g/mol. The highest BCUT2D eigenvalue weighted by molar-refractivity contribution is 4.97. The van der Waals surface area contributed by atoms with Gasteiger partial charge in [-0.25, -0.2) is 0 Å². The summed E-state index contributed by atoms with van der Waals surface area (Å²) in [5, 5.41) is 11.9. The van der Waals surface area contributed by atoms with E-state index in [9.17, 15) is 0 Å². The number of hydrogen-bond acceptors (Lipinski definition) is 3. The second kappa shape index (κ2) is 5.78. The zero-order chi connectivity index (χ0) is 9.52. The summed E-state index contributed by atoms with van der Waals surface area (Å²) >= 11 is 0. The van der Waals surface area contributed by atoms with Crippen LogP contribution in [-0.4, -0.2) is 24.3 Å². The molecule has 0 bridgehead atoms. The second-order valence-corrected chi connectivity index (χ2v) is 3.22. The number of nitrogens with one attached hydrogen (secondary N) is 1. The zero-order valence-corrected chi connectivity index (χ0v) is 7.99. The van der Waals surface area contributed by atoms with E-state index >= 15 is 0 Å². The highest BCUT2D eigenvalue weighted by atomic mass is 16.3. The lowest BCUT2D eigenvalue weighted by molar-refractivity contribution is 0.251. The molecule has 0 amide bonds. The number of aliphatic hydroxyl groups excluding tert-OH is 1. The van der Waals surface area contributed by atoms with Crippen LogP contribution in [0.4, 0.5) is 0 Å². The Bertz CT molecular complexity index is 209. The van der Waals surface area contributed by atoms with E-state index in [4.69, 9.17) is 9.52 Å². The summed E-state index contributed by atoms with van der Waals surface area (Å²) in [6.07, 6.45) is 3.69. The van der Waals surface area contributed by atoms with E-state index in [1.807, 2.05) is 19.1 Å². The molecule has 0 aliphatic rings. The summed E-state index contributed by atoms with van der Waals surface area (Å²) in [5.41, 5.74) is 0. The van der Waals surface area contributed by atoms with Crippen molar-refractivity contribution in [2.45, 2.75) is 25.8 Å². The fraction of sp³-hybridized carbons (Fsp3) is 0.600. The molecule has 1 aromatic heterocycles. The first-order valence-corrected chi connectivity index (χ1v) is 4.69. The van der Waals surface area contributed by atoms with Gasteiger partial charge in [-0.2, -0.15) is 0 Å². The summed E-state index contributed by atoms with van der Waals surface area (Å²) in [6, 6.07) is 4.07. The summed E-state index contributed by atoms with van der Waals surface area (Å²) < 4.78 is 5.19. The quantitative estimate of drug-likeness (QED) is 0.651. The molecule has 0 fully saturated rings. The van der Waals surface area contributed by atoms with Crippen molar-refractivity contribution < 1.29 is 9.52 Å². The van der Waals surface area contributed by atoms with E-state index in [1.165, 1.54) is 0 Å². The number of furan rings is 1. The monoisotopic (exact) mass is 183 g/mol. The SMILES string of the molecule is CC(CO)NCCCc1ccco1. The summed E-state index contributed by atoms with van der Waals surface area (Å²) in [5.74, 6) is 1.03. The smallest absolute Gasteiger partial charge is 0.103 e. The van der Waals surface area contributed by atoms with Crippen molar-refractivity contribution in [2.24, 2.45) is 0 Å². The van der Waals surface area contributed by atoms with Crippen molar-refractivity contribution in [3.8, 4) is 0 Å². The maximum Gasteiger partial charge on any atom is 0.103 e. The summed E-state index contributed by atoms with van der Waals surface area (Å²) in [4.78, 5) is 0. The van der Waals surface area contributed by atoms with Crippen LogP contribution in [0.15, 0.2) is 22.8 Å². The molecule has 0 aliphatic heterocycles. The molecule has 3 nitrogen and oxygen atoms in total. The Balaban J connectivity index is 2.02. The second-order valence-electron chi connectivity index (χ2n) is 3.22. The van der Waals surface area contributed by atoms with Gasteiger partial charge in [0.15, 0.2) is 0 Å². The van der Waals surface area contributed by atoms with Crippen LogP contribution in [0.2, 0.25) is 0 Å². The van der Waals surface area contributed by atoms with Gasteiger partial charge in [0.25, 0.3) is 0 Å². The first-order valence-electron chi connectivity index (χ1n) is 4.69. The zero-order valence-electron chi connectivity index (χ0n) is 7.99. The van der Waals surface area contributed by atoms with Gasteiger partial charge in [0.05, 0.1) is 12.9 Å². The molecule has 1 rings (SSSR count). The third-order valence-corrected chi connectivity index (χ3v) is 1.95. The van der Waals surface area contributed by atoms with Gasteiger partial charge in [-0.3, -0.25) is 0 Å². The highest BCUT2D eigenvalue weighted by Gasteiger charge is 1.98. The van der Waals surface area contributed by atoms with Gasteiger partial charge >= 0.3 is 0 Å². The number of aliphatic hydroxyl groups is 1. The fourth-order valence-electron chi connectivity index (χ4n) is 1.13. The summed E-state index contributed by atoms with van der Waals surface area (Å²) in [6.45, 7) is 3.08. The van der Waals surface area contributed by atoms with Crippen molar-refractivity contribution in [3.05, 3.63) is 24.2 Å². The average Bonchev–Trinajstić information content (AvgIpc) is 2.64. The van der Waals surface area contributed by atoms with Crippen LogP contribution in [0, 0.1) is 0 Å². The third kappa shape index (κ3) is 4.10. The third-order valence-electron chi connectivity index (χ3n) is 1.95. The molecule has 13 heavy (non-hydrogen) atoms. The van der Waals surface area contributed by atoms with Crippen molar-refractivity contribution >= 4 is 0 Å². The van der Waals surface area contributed by atoms with E-state index in [0.29, 0.717) is 0 Å². The molecule has 74 valence electrons. The normalized spacial score (nSPS) is 13.1. The molecule has 1 aromatic rings. The van der Waals surface area contributed by atoms with Crippen molar-refractivity contribution in [3.63, 3.8) is 0 Å². The van der Waals surface area contributed by atoms with E-state index in [0.717, 1.165) is 25.1 Å². The molecule has 0 spiro atoms. The predicted octanol–water partition coefficient (Wildman–Crippen LogP) is 1.18. The molecule has 1 atom stereocenters. The van der Waals surface area contributed by atoms with Crippen LogP contribution in [0.5, 0.6) is 0 Å². The van der Waals surface area contributed by atoms with Crippen LogP contribution in [0.25, 0.3) is 0 Å². The van der Waals surface area contributed by atoms with E-state index in [-0.39, 0.29) is 12.6 Å². The summed E-state index contributed by atoms with van der Waals surface area (Å²) in [7, 11) is 0. The molecule has 0 saturated carbocycles. The van der Waals surface area contributed by atoms with Crippen LogP contribution in [0.3, 0.4) is 0 Å². The number of hydrogen-bond donors (Lipinski definition) is 2. The molecular formula is C10H17NO2. The van der Waals surface area contributed by atoms with Gasteiger partial charge in [0.1, 0.15) is 5.76 Å². The molecule has 0 aliphatic carbocycles. The van der Waals surface area contributed by atoms with E-state index in [1.54, 1.807) is 6.26 Å². The van der Waals surface area contributed by atoms with Gasteiger partial charge in [0.2, 0.25) is 0 Å². The lowest BCUT2D eigenvalue weighted by Gasteiger charge is -2.09. The first-order chi connectivity index (χ1) is 6.33. The Morgan fingerprint density at radius 2 is 2.46 bits per heavy atom. The van der Waals surface area contributed by atoms with Crippen molar-refractivity contribution in [1.29, 1.82) is 0 Å². The fourth-order valence-corrected chi connectivity index (χ4v) is 1.13. The Morgan fingerprint density at radius 3 is 3.08 bits per heavy atom. The van der Waals surface area contributed by atoms with Gasteiger partial charge in [-0.05, 0) is 32.0 Å². The molecule has 0 radical (unpaired) electrons. The van der Waals surface area contributed by atoms with Crippen LogP contribution in [0.1, 0.15) is 19.1 Å². The van der Waals surface area contributed by atoms with E-state index < -0.39 is 0 Å². The standard InChI is InChI=1S/C10H17NO2/c1-9(8-12)11-6-2-4-10-5-3-7-13-10/h3,5,7,9,11-12H,2,4,6,8H2,1H3. The Kier molecular flexibility index (Phi) is 4.57. The minimum absolute atomic E-state index is 0.191. The van der Waals surface area contributed by atoms with E-state index in [2.05, 4.69) is 5.32 Å². The largest absolute Gasteiger partial charge is 0.469 e. The van der Waals surface area contributed by atoms with Crippen molar-refractivity contribution in [1.82, 2.24) is 5.32 Å². The lowest BCUT2D eigenvalue weighted by atomic mass is 10.2. The van der Waals surface area contributed by atoms with Crippen molar-refractivity contribution in [2.75, 3.05) is 13.2 Å². The number of aryl methyl sites for hydroxylation is 1. The Labute approximate surface area is 78.8 Å². The highest BCUT2D eigenvalue weighted by Crippen LogP contribution is 2.02. The average molecular weight is 183 g/mol. The lowest BCUT2D eigenvalue weighted by Crippen LogP contribution is -2.30. The van der Waals surface area contributed by atoms with Gasteiger partial charge < -0.3 is 14.8 Å². The minimum Gasteiger partial charge on any atom is -0.469 e. The molecule has 2 N–H and O–H groups in total.